The molecule has 0 bridgehead atoms. The first kappa shape index (κ1) is 23.2. The van der Waals surface area contributed by atoms with Crippen LogP contribution in [0.25, 0.3) is 11.1 Å². The van der Waals surface area contributed by atoms with E-state index in [1.165, 1.54) is 31.7 Å². The molecule has 0 atom stereocenters. The first-order valence-corrected chi connectivity index (χ1v) is 11.9. The smallest absolute Gasteiger partial charge is 0.238 e. The Morgan fingerprint density at radius 1 is 1.10 bits per heavy atom. The Bertz CT molecular complexity index is 1030. The molecule has 8 nitrogen and oxygen atoms in total. The minimum atomic E-state index is -3.99. The third kappa shape index (κ3) is 5.62. The molecule has 1 aliphatic carbocycles. The molecule has 0 radical (unpaired) electrons. The molecule has 2 aromatic carbocycles. The van der Waals surface area contributed by atoms with Crippen molar-refractivity contribution in [1.29, 1.82) is 0 Å². The van der Waals surface area contributed by atoms with Crippen molar-refractivity contribution in [2.24, 2.45) is 21.8 Å². The normalized spacial score (nSPS) is 20.2. The lowest BCUT2D eigenvalue weighted by molar-refractivity contribution is 0.204. The van der Waals surface area contributed by atoms with Crippen LogP contribution in [0.4, 0.5) is 0 Å². The van der Waals surface area contributed by atoms with Gasteiger partial charge in [-0.25, -0.2) is 13.6 Å². The number of nitrogens with zero attached hydrogens (tertiary/aromatic N) is 2. The molecule has 0 aliphatic heterocycles. The molecule has 1 aliphatic rings. The second-order valence-electron chi connectivity index (χ2n) is 8.28. The number of hydrogen-bond donors (Lipinski definition) is 4. The zero-order valence-electron chi connectivity index (χ0n) is 18.1. The summed E-state index contributed by atoms with van der Waals surface area (Å²) in [6.45, 7) is 0.786. The average molecular weight is 445 g/mol. The average Bonchev–Trinajstić information content (AvgIpc) is 2.76. The summed E-state index contributed by atoms with van der Waals surface area (Å²) < 4.78 is 24.0. The molecular weight excluding hydrogens is 412 g/mol. The highest BCUT2D eigenvalue weighted by Gasteiger charge is 2.22. The van der Waals surface area contributed by atoms with Crippen LogP contribution in [-0.4, -0.2) is 45.3 Å². The highest BCUT2D eigenvalue weighted by atomic mass is 32.2. The summed E-state index contributed by atoms with van der Waals surface area (Å²) in [5.74, 6) is 5.25. The Labute approximate surface area is 184 Å². The summed E-state index contributed by atoms with van der Waals surface area (Å²) in [4.78, 5) is 2.21. The minimum Gasteiger partial charge on any atom is -0.382 e. The van der Waals surface area contributed by atoms with Gasteiger partial charge in [0.1, 0.15) is 0 Å². The second kappa shape index (κ2) is 9.78. The second-order valence-corrected chi connectivity index (χ2v) is 9.81. The van der Waals surface area contributed by atoms with E-state index in [1.807, 2.05) is 24.3 Å². The van der Waals surface area contributed by atoms with Crippen LogP contribution >= 0.6 is 0 Å². The predicted octanol–water partition coefficient (Wildman–Crippen LogP) is 1.54. The van der Waals surface area contributed by atoms with E-state index in [-0.39, 0.29) is 16.3 Å². The number of rotatable bonds is 7. The van der Waals surface area contributed by atoms with Crippen LogP contribution < -0.4 is 22.0 Å². The monoisotopic (exact) mass is 444 g/mol. The van der Waals surface area contributed by atoms with Crippen LogP contribution in [0.1, 0.15) is 36.8 Å². The predicted molar refractivity (Wildman–Crippen MR) is 125 cm³/mol. The highest BCUT2D eigenvalue weighted by Crippen LogP contribution is 2.29. The van der Waals surface area contributed by atoms with Gasteiger partial charge in [-0.05, 0) is 62.5 Å². The number of nitrogens with one attached hydrogen (secondary N) is 1. The topological polar surface area (TPSA) is 140 Å². The molecule has 0 unspecified atom stereocenters. The Morgan fingerprint density at radius 2 is 1.74 bits per heavy atom. The Morgan fingerprint density at radius 3 is 2.29 bits per heavy atom. The number of sulfonamides is 1. The van der Waals surface area contributed by atoms with E-state index in [4.69, 9.17) is 16.7 Å². The van der Waals surface area contributed by atoms with Gasteiger partial charge in [0.15, 0.2) is 5.84 Å². The summed E-state index contributed by atoms with van der Waals surface area (Å²) in [6.07, 6.45) is 4.80. The summed E-state index contributed by atoms with van der Waals surface area (Å²) in [6, 6.07) is 14.0. The summed E-state index contributed by atoms with van der Waals surface area (Å²) >= 11 is 0. The van der Waals surface area contributed by atoms with Crippen molar-refractivity contribution in [1.82, 2.24) is 10.2 Å². The standard InChI is InChI=1S/C22H32N6O2S/c1-28(2)18-12-10-17(11-13-18)26-14-15-6-8-16(9-7-15)19-4-3-5-20(31(25,29)30)21(19)22(23)27-24/h3-9,17-18,26H,10-14,24H2,1-2H3,(H2,23,27)(H2,25,29,30). The molecule has 0 aromatic heterocycles. The number of nitrogens with two attached hydrogens (primary N) is 3. The molecule has 168 valence electrons. The first-order chi connectivity index (χ1) is 14.7. The van der Waals surface area contributed by atoms with E-state index in [0.29, 0.717) is 17.6 Å². The lowest BCUT2D eigenvalue weighted by Crippen LogP contribution is -2.39. The van der Waals surface area contributed by atoms with Crippen LogP contribution in [0.15, 0.2) is 52.5 Å². The Kier molecular flexibility index (Phi) is 7.32. The van der Waals surface area contributed by atoms with Crippen molar-refractivity contribution < 1.29 is 8.42 Å². The van der Waals surface area contributed by atoms with Gasteiger partial charge in [0.25, 0.3) is 0 Å². The van der Waals surface area contributed by atoms with E-state index < -0.39 is 10.0 Å². The fourth-order valence-electron chi connectivity index (χ4n) is 4.20. The molecule has 0 spiro atoms. The van der Waals surface area contributed by atoms with Gasteiger partial charge in [0.2, 0.25) is 10.0 Å². The Balaban J connectivity index is 1.75. The lowest BCUT2D eigenvalue weighted by Gasteiger charge is -2.33. The minimum absolute atomic E-state index is 0.0845. The quantitative estimate of drug-likeness (QED) is 0.221. The Hall–Kier alpha value is -2.46. The van der Waals surface area contributed by atoms with Crippen molar-refractivity contribution in [2.75, 3.05) is 14.1 Å². The lowest BCUT2D eigenvalue weighted by atomic mass is 9.90. The SMILES string of the molecule is CN(C)C1CCC(NCc2ccc(-c3cccc(S(N)(=O)=O)c3/C(N)=N/N)cc2)CC1. The summed E-state index contributed by atoms with van der Waals surface area (Å²) in [5.41, 5.74) is 8.70. The van der Waals surface area contributed by atoms with Crippen molar-refractivity contribution >= 4 is 15.9 Å². The fraction of sp³-hybridized carbons (Fsp3) is 0.409. The highest BCUT2D eigenvalue weighted by molar-refractivity contribution is 7.89. The van der Waals surface area contributed by atoms with Crippen molar-refractivity contribution in [3.63, 3.8) is 0 Å². The van der Waals surface area contributed by atoms with E-state index >= 15 is 0 Å². The number of hydrazone groups is 1. The van der Waals surface area contributed by atoms with E-state index in [1.54, 1.807) is 12.1 Å². The van der Waals surface area contributed by atoms with Crippen molar-refractivity contribution in [3.05, 3.63) is 53.6 Å². The number of amidine groups is 1. The summed E-state index contributed by atoms with van der Waals surface area (Å²) in [5, 5.41) is 12.5. The van der Waals surface area contributed by atoms with Gasteiger partial charge in [-0.15, -0.1) is 0 Å². The zero-order chi connectivity index (χ0) is 22.6. The molecule has 9 heteroatoms. The largest absolute Gasteiger partial charge is 0.382 e. The molecule has 31 heavy (non-hydrogen) atoms. The van der Waals surface area contributed by atoms with Gasteiger partial charge in [-0.1, -0.05) is 36.4 Å². The maximum Gasteiger partial charge on any atom is 0.238 e. The third-order valence-corrected chi connectivity index (χ3v) is 6.97. The van der Waals surface area contributed by atoms with E-state index in [2.05, 4.69) is 29.4 Å². The maximum absolute atomic E-state index is 12.0. The van der Waals surface area contributed by atoms with Crippen LogP contribution in [0.3, 0.4) is 0 Å². The number of primary sulfonamides is 1. The van der Waals surface area contributed by atoms with E-state index in [9.17, 15) is 8.42 Å². The van der Waals surface area contributed by atoms with Crippen LogP contribution in [0, 0.1) is 0 Å². The molecular formula is C22H32N6O2S. The molecule has 0 amide bonds. The zero-order valence-corrected chi connectivity index (χ0v) is 18.9. The molecule has 0 saturated heterocycles. The third-order valence-electron chi connectivity index (χ3n) is 6.01. The van der Waals surface area contributed by atoms with Gasteiger partial charge < -0.3 is 21.8 Å². The summed E-state index contributed by atoms with van der Waals surface area (Å²) in [7, 11) is 0.313. The van der Waals surface area contributed by atoms with E-state index in [0.717, 1.165) is 17.7 Å². The van der Waals surface area contributed by atoms with Gasteiger partial charge >= 0.3 is 0 Å². The maximum atomic E-state index is 12.0. The van der Waals surface area contributed by atoms with Crippen LogP contribution in [0.2, 0.25) is 0 Å². The molecule has 7 N–H and O–H groups in total. The molecule has 2 aromatic rings. The van der Waals surface area contributed by atoms with Crippen LogP contribution in [-0.2, 0) is 16.6 Å². The fourth-order valence-corrected chi connectivity index (χ4v) is 4.97. The van der Waals surface area contributed by atoms with Gasteiger partial charge in [0.05, 0.1) is 4.90 Å². The van der Waals surface area contributed by atoms with Gasteiger partial charge in [-0.3, -0.25) is 0 Å². The molecule has 0 heterocycles. The van der Waals surface area contributed by atoms with Crippen molar-refractivity contribution in [3.8, 4) is 11.1 Å². The number of benzene rings is 2. The molecule has 1 saturated carbocycles. The first-order valence-electron chi connectivity index (χ1n) is 10.4. The van der Waals surface area contributed by atoms with Crippen molar-refractivity contribution in [2.45, 2.75) is 49.2 Å². The molecule has 3 rings (SSSR count). The van der Waals surface area contributed by atoms with Crippen LogP contribution in [0.5, 0.6) is 0 Å². The van der Waals surface area contributed by atoms with Gasteiger partial charge in [-0.2, -0.15) is 5.10 Å². The van der Waals surface area contributed by atoms with Gasteiger partial charge in [0, 0.05) is 24.2 Å². The number of hydrogen-bond acceptors (Lipinski definition) is 6. The molecule has 1 fully saturated rings.